The Morgan fingerprint density at radius 3 is 3.00 bits per heavy atom. The van der Waals surface area contributed by atoms with Crippen LogP contribution in [0.4, 0.5) is 11.6 Å². The molecular weight excluding hydrogens is 254 g/mol. The van der Waals surface area contributed by atoms with Crippen LogP contribution in [0, 0.1) is 0 Å². The lowest BCUT2D eigenvalue weighted by molar-refractivity contribution is 0.0959. The number of H-pyrrole nitrogens is 1. The minimum atomic E-state index is -0.169. The fourth-order valence-electron chi connectivity index (χ4n) is 1.89. The Kier molecular flexibility index (Phi) is 3.04. The van der Waals surface area contributed by atoms with Gasteiger partial charge < -0.3 is 15.6 Å². The average Bonchev–Trinajstić information content (AvgIpc) is 2.95. The summed E-state index contributed by atoms with van der Waals surface area (Å²) < 4.78 is 0. The van der Waals surface area contributed by atoms with Gasteiger partial charge in [0.15, 0.2) is 0 Å². The molecule has 100 valence electrons. The molecule has 0 aliphatic rings. The normalized spacial score (nSPS) is 10.4. The molecule has 6 heteroatoms. The molecule has 3 rings (SSSR count). The van der Waals surface area contributed by atoms with Crippen LogP contribution in [0.25, 0.3) is 10.9 Å². The fourth-order valence-corrected chi connectivity index (χ4v) is 1.89. The first kappa shape index (κ1) is 12.2. The van der Waals surface area contributed by atoms with Crippen LogP contribution in [-0.4, -0.2) is 27.9 Å². The van der Waals surface area contributed by atoms with E-state index in [9.17, 15) is 4.79 Å². The molecule has 0 atom stereocenters. The van der Waals surface area contributed by atoms with Crippen LogP contribution in [0.3, 0.4) is 0 Å². The number of hydrogen-bond acceptors (Lipinski definition) is 4. The molecule has 0 saturated carbocycles. The second-order valence-electron chi connectivity index (χ2n) is 4.26. The van der Waals surface area contributed by atoms with Gasteiger partial charge in [-0.2, -0.15) is 0 Å². The molecule has 0 aliphatic carbocycles. The maximum atomic E-state index is 11.5. The van der Waals surface area contributed by atoms with Crippen molar-refractivity contribution in [1.29, 1.82) is 0 Å². The first-order chi connectivity index (χ1) is 9.76. The number of amides is 1. The first-order valence-electron chi connectivity index (χ1n) is 6.15. The van der Waals surface area contributed by atoms with E-state index < -0.39 is 0 Å². The third-order valence-electron chi connectivity index (χ3n) is 2.90. The lowest BCUT2D eigenvalue weighted by atomic mass is 10.2. The zero-order valence-electron chi connectivity index (χ0n) is 10.8. The summed E-state index contributed by atoms with van der Waals surface area (Å²) in [5, 5.41) is 6.60. The van der Waals surface area contributed by atoms with Crippen LogP contribution in [0.1, 0.15) is 10.5 Å². The molecule has 1 aromatic carbocycles. The number of hydrogen-bond donors (Lipinski definition) is 3. The molecule has 2 heterocycles. The largest absolute Gasteiger partial charge is 0.355 e. The number of nitrogens with zero attached hydrogens (tertiary/aromatic N) is 2. The van der Waals surface area contributed by atoms with E-state index in [0.717, 1.165) is 16.6 Å². The van der Waals surface area contributed by atoms with Gasteiger partial charge in [-0.3, -0.25) is 4.79 Å². The van der Waals surface area contributed by atoms with Crippen molar-refractivity contribution in [2.24, 2.45) is 0 Å². The summed E-state index contributed by atoms with van der Waals surface area (Å²) in [4.78, 5) is 23.0. The van der Waals surface area contributed by atoms with Crippen molar-refractivity contribution in [2.75, 3.05) is 12.4 Å². The van der Waals surface area contributed by atoms with Crippen molar-refractivity contribution in [2.45, 2.75) is 0 Å². The number of benzene rings is 1. The van der Waals surface area contributed by atoms with E-state index in [4.69, 9.17) is 0 Å². The number of nitrogens with one attached hydrogen (secondary N) is 3. The second-order valence-corrected chi connectivity index (χ2v) is 4.26. The maximum Gasteiger partial charge on any atom is 0.267 e. The van der Waals surface area contributed by atoms with Crippen molar-refractivity contribution in [3.8, 4) is 0 Å². The summed E-state index contributed by atoms with van der Waals surface area (Å²) in [6.07, 6.45) is 3.46. The summed E-state index contributed by atoms with van der Waals surface area (Å²) in [5.74, 6) is 0.323. The number of aromatic amines is 1. The van der Waals surface area contributed by atoms with Crippen LogP contribution >= 0.6 is 0 Å². The number of anilines is 2. The van der Waals surface area contributed by atoms with Gasteiger partial charge >= 0.3 is 0 Å². The molecule has 3 N–H and O–H groups in total. The fraction of sp³-hybridized carbons (Fsp3) is 0.0714. The molecule has 0 aliphatic heterocycles. The van der Waals surface area contributed by atoms with Crippen molar-refractivity contribution >= 4 is 28.4 Å². The van der Waals surface area contributed by atoms with Gasteiger partial charge in [-0.1, -0.05) is 18.2 Å². The quantitative estimate of drug-likeness (QED) is 0.678. The predicted octanol–water partition coefficient (Wildman–Crippen LogP) is 2.06. The molecule has 1 amide bonds. The molecule has 0 radical (unpaired) electrons. The summed E-state index contributed by atoms with van der Waals surface area (Å²) in [5.41, 5.74) is 2.08. The summed E-state index contributed by atoms with van der Waals surface area (Å²) in [7, 11) is 1.59. The third kappa shape index (κ3) is 2.31. The van der Waals surface area contributed by atoms with E-state index in [2.05, 4.69) is 25.6 Å². The number of carbonyl (C=O) groups excluding carboxylic acids is 1. The zero-order chi connectivity index (χ0) is 13.9. The molecule has 0 unspecified atom stereocenters. The Hall–Kier alpha value is -2.89. The Balaban J connectivity index is 1.85. The van der Waals surface area contributed by atoms with Gasteiger partial charge in [-0.15, -0.1) is 0 Å². The van der Waals surface area contributed by atoms with Gasteiger partial charge in [-0.05, 0) is 12.1 Å². The minimum Gasteiger partial charge on any atom is -0.355 e. The molecule has 6 nitrogen and oxygen atoms in total. The standard InChI is InChI=1S/C14H13N5O/c1-15-13(20)12-6-10(8-16-12)18-14-17-7-9-4-2-3-5-11(9)19-14/h2-8,16H,1H3,(H,15,20)(H,17,18,19). The van der Waals surface area contributed by atoms with Crippen LogP contribution in [0.2, 0.25) is 0 Å². The lowest BCUT2D eigenvalue weighted by Crippen LogP contribution is -2.17. The maximum absolute atomic E-state index is 11.5. The highest BCUT2D eigenvalue weighted by molar-refractivity contribution is 5.93. The highest BCUT2D eigenvalue weighted by Gasteiger charge is 2.07. The van der Waals surface area contributed by atoms with Crippen LogP contribution in [0.15, 0.2) is 42.7 Å². The molecule has 0 bridgehead atoms. The van der Waals surface area contributed by atoms with Crippen molar-refractivity contribution < 1.29 is 4.79 Å². The van der Waals surface area contributed by atoms with E-state index >= 15 is 0 Å². The summed E-state index contributed by atoms with van der Waals surface area (Å²) in [6.45, 7) is 0. The number of para-hydroxylation sites is 1. The van der Waals surface area contributed by atoms with E-state index in [1.165, 1.54) is 0 Å². The number of carbonyl (C=O) groups is 1. The topological polar surface area (TPSA) is 82.7 Å². The van der Waals surface area contributed by atoms with Gasteiger partial charge in [0.2, 0.25) is 5.95 Å². The van der Waals surface area contributed by atoms with Crippen LogP contribution < -0.4 is 10.6 Å². The van der Waals surface area contributed by atoms with Gasteiger partial charge in [0.1, 0.15) is 5.69 Å². The van der Waals surface area contributed by atoms with Gasteiger partial charge in [0.25, 0.3) is 5.91 Å². The molecular formula is C14H13N5O. The van der Waals surface area contributed by atoms with E-state index in [1.807, 2.05) is 24.3 Å². The molecule has 0 spiro atoms. The molecule has 0 fully saturated rings. The van der Waals surface area contributed by atoms with E-state index in [0.29, 0.717) is 11.6 Å². The minimum absolute atomic E-state index is 0.169. The van der Waals surface area contributed by atoms with E-state index in [1.54, 1.807) is 25.5 Å². The van der Waals surface area contributed by atoms with Crippen LogP contribution in [0.5, 0.6) is 0 Å². The lowest BCUT2D eigenvalue weighted by Gasteiger charge is -2.02. The first-order valence-corrected chi connectivity index (χ1v) is 6.15. The highest BCUT2D eigenvalue weighted by atomic mass is 16.1. The Labute approximate surface area is 115 Å². The van der Waals surface area contributed by atoms with Crippen molar-refractivity contribution in [1.82, 2.24) is 20.3 Å². The number of rotatable bonds is 3. The monoisotopic (exact) mass is 267 g/mol. The molecule has 2 aromatic heterocycles. The predicted molar refractivity (Wildman–Crippen MR) is 77.0 cm³/mol. The molecule has 0 saturated heterocycles. The molecule has 3 aromatic rings. The molecule has 20 heavy (non-hydrogen) atoms. The summed E-state index contributed by atoms with van der Waals surface area (Å²) in [6, 6.07) is 9.46. The smallest absolute Gasteiger partial charge is 0.267 e. The SMILES string of the molecule is CNC(=O)c1cc(Nc2ncc3ccccc3n2)c[nH]1. The van der Waals surface area contributed by atoms with E-state index in [-0.39, 0.29) is 5.91 Å². The van der Waals surface area contributed by atoms with Crippen LogP contribution in [-0.2, 0) is 0 Å². The second kappa shape index (κ2) is 5.00. The number of fused-ring (bicyclic) bond motifs is 1. The van der Waals surface area contributed by atoms with Gasteiger partial charge in [0, 0.05) is 24.8 Å². The van der Waals surface area contributed by atoms with Gasteiger partial charge in [0.05, 0.1) is 11.2 Å². The number of aromatic nitrogens is 3. The zero-order valence-corrected chi connectivity index (χ0v) is 10.8. The van der Waals surface area contributed by atoms with Crippen molar-refractivity contribution in [3.63, 3.8) is 0 Å². The highest BCUT2D eigenvalue weighted by Crippen LogP contribution is 2.17. The average molecular weight is 267 g/mol. The van der Waals surface area contributed by atoms with Gasteiger partial charge in [-0.25, -0.2) is 9.97 Å². The Bertz CT molecular complexity index is 765. The Morgan fingerprint density at radius 1 is 1.30 bits per heavy atom. The van der Waals surface area contributed by atoms with Crippen molar-refractivity contribution in [3.05, 3.63) is 48.4 Å². The Morgan fingerprint density at radius 2 is 2.15 bits per heavy atom. The summed E-state index contributed by atoms with van der Waals surface area (Å²) >= 11 is 0. The third-order valence-corrected chi connectivity index (χ3v) is 2.90.